The molecule has 1 aromatic rings. The number of hydrogen-bond acceptors (Lipinski definition) is 3. The van der Waals surface area contributed by atoms with Crippen molar-refractivity contribution in [3.05, 3.63) is 30.1 Å². The second-order valence-electron chi connectivity index (χ2n) is 6.41. The Balaban J connectivity index is 0.00000192. The number of carbonyl (C=O) groups is 1. The molecule has 1 aliphatic heterocycles. The van der Waals surface area contributed by atoms with Gasteiger partial charge in [0.15, 0.2) is 11.6 Å². The molecule has 1 saturated carbocycles. The molecule has 0 radical (unpaired) electrons. The summed E-state index contributed by atoms with van der Waals surface area (Å²) < 4.78 is 18.9. The Morgan fingerprint density at radius 2 is 2.09 bits per heavy atom. The highest BCUT2D eigenvalue weighted by Crippen LogP contribution is 2.59. The van der Waals surface area contributed by atoms with Crippen molar-refractivity contribution in [1.29, 1.82) is 0 Å². The normalized spacial score (nSPS) is 21.4. The number of para-hydroxylation sites is 1. The Morgan fingerprint density at radius 3 is 2.78 bits per heavy atom. The van der Waals surface area contributed by atoms with Gasteiger partial charge in [-0.2, -0.15) is 0 Å². The average Bonchev–Trinajstić information content (AvgIpc) is 3.22. The lowest BCUT2D eigenvalue weighted by molar-refractivity contribution is -0.132. The first-order valence-electron chi connectivity index (χ1n) is 7.95. The van der Waals surface area contributed by atoms with E-state index in [4.69, 9.17) is 4.74 Å². The van der Waals surface area contributed by atoms with Crippen molar-refractivity contribution in [2.45, 2.75) is 19.3 Å². The molecule has 23 heavy (non-hydrogen) atoms. The van der Waals surface area contributed by atoms with Crippen LogP contribution in [0.5, 0.6) is 5.75 Å². The van der Waals surface area contributed by atoms with E-state index in [2.05, 4.69) is 5.32 Å². The van der Waals surface area contributed by atoms with E-state index in [0.717, 1.165) is 32.4 Å². The first kappa shape index (κ1) is 18.0. The average molecular weight is 343 g/mol. The van der Waals surface area contributed by atoms with Gasteiger partial charge in [-0.25, -0.2) is 4.39 Å². The van der Waals surface area contributed by atoms with Crippen LogP contribution in [0.15, 0.2) is 24.3 Å². The SMILES string of the molecule is CN(CCOc1ccccc1F)C(=O)C1CC12CCNCC2.Cl. The third-order valence-electron chi connectivity index (χ3n) is 4.98. The molecular formula is C17H24ClFN2O2. The van der Waals surface area contributed by atoms with Crippen LogP contribution in [-0.2, 0) is 4.79 Å². The van der Waals surface area contributed by atoms with Crippen molar-refractivity contribution >= 4 is 18.3 Å². The summed E-state index contributed by atoms with van der Waals surface area (Å²) >= 11 is 0. The van der Waals surface area contributed by atoms with Gasteiger partial charge >= 0.3 is 0 Å². The van der Waals surface area contributed by atoms with Gasteiger partial charge in [0.05, 0.1) is 6.54 Å². The van der Waals surface area contributed by atoms with E-state index in [1.807, 2.05) is 0 Å². The van der Waals surface area contributed by atoms with Crippen molar-refractivity contribution in [1.82, 2.24) is 10.2 Å². The van der Waals surface area contributed by atoms with E-state index < -0.39 is 0 Å². The molecular weight excluding hydrogens is 319 g/mol. The van der Waals surface area contributed by atoms with Crippen LogP contribution in [0.1, 0.15) is 19.3 Å². The molecule has 3 rings (SSSR count). The van der Waals surface area contributed by atoms with Gasteiger partial charge in [0, 0.05) is 13.0 Å². The first-order valence-corrected chi connectivity index (χ1v) is 7.95. The number of piperidine rings is 1. The number of nitrogens with one attached hydrogen (secondary N) is 1. The zero-order valence-electron chi connectivity index (χ0n) is 13.4. The zero-order chi connectivity index (χ0) is 15.6. The van der Waals surface area contributed by atoms with Crippen molar-refractivity contribution in [2.24, 2.45) is 11.3 Å². The fourth-order valence-corrected chi connectivity index (χ4v) is 3.40. The molecule has 0 aromatic heterocycles. The van der Waals surface area contributed by atoms with Crippen LogP contribution >= 0.6 is 12.4 Å². The highest BCUT2D eigenvalue weighted by atomic mass is 35.5. The summed E-state index contributed by atoms with van der Waals surface area (Å²) in [5, 5.41) is 3.35. The molecule has 4 nitrogen and oxygen atoms in total. The summed E-state index contributed by atoms with van der Waals surface area (Å²) in [6.45, 7) is 2.83. The third kappa shape index (κ3) is 3.96. The van der Waals surface area contributed by atoms with Gasteiger partial charge in [-0.15, -0.1) is 12.4 Å². The molecule has 1 atom stereocenters. The molecule has 1 N–H and O–H groups in total. The van der Waals surface area contributed by atoms with Crippen LogP contribution in [0.4, 0.5) is 4.39 Å². The maximum Gasteiger partial charge on any atom is 0.226 e. The quantitative estimate of drug-likeness (QED) is 0.893. The Morgan fingerprint density at radius 1 is 1.39 bits per heavy atom. The summed E-state index contributed by atoms with van der Waals surface area (Å²) in [5.41, 5.74) is 0.253. The van der Waals surface area contributed by atoms with Gasteiger partial charge < -0.3 is 15.0 Å². The van der Waals surface area contributed by atoms with Gasteiger partial charge in [-0.3, -0.25) is 4.79 Å². The number of rotatable bonds is 5. The molecule has 1 unspecified atom stereocenters. The number of amides is 1. The van der Waals surface area contributed by atoms with Crippen LogP contribution in [-0.4, -0.2) is 44.1 Å². The van der Waals surface area contributed by atoms with Crippen molar-refractivity contribution in [3.63, 3.8) is 0 Å². The maximum atomic E-state index is 13.4. The summed E-state index contributed by atoms with van der Waals surface area (Å²) in [6.07, 6.45) is 3.22. The summed E-state index contributed by atoms with van der Waals surface area (Å²) in [4.78, 5) is 14.2. The van der Waals surface area contributed by atoms with E-state index in [-0.39, 0.29) is 41.2 Å². The predicted molar refractivity (Wildman–Crippen MR) is 89.4 cm³/mol. The highest BCUT2D eigenvalue weighted by molar-refractivity contribution is 5.85. The number of hydrogen-bond donors (Lipinski definition) is 1. The lowest BCUT2D eigenvalue weighted by Crippen LogP contribution is -2.36. The number of nitrogens with zero attached hydrogens (tertiary/aromatic N) is 1. The number of ether oxygens (including phenoxy) is 1. The molecule has 1 aromatic carbocycles. The van der Waals surface area contributed by atoms with Crippen molar-refractivity contribution in [3.8, 4) is 5.75 Å². The molecule has 2 fully saturated rings. The molecule has 128 valence electrons. The van der Waals surface area contributed by atoms with E-state index >= 15 is 0 Å². The molecule has 2 aliphatic rings. The Bertz CT molecular complexity index is 549. The third-order valence-corrected chi connectivity index (χ3v) is 4.98. The van der Waals surface area contributed by atoms with Crippen molar-refractivity contribution < 1.29 is 13.9 Å². The molecule has 6 heteroatoms. The summed E-state index contributed by atoms with van der Waals surface area (Å²) in [6, 6.07) is 6.33. The zero-order valence-corrected chi connectivity index (χ0v) is 14.2. The first-order chi connectivity index (χ1) is 10.6. The molecule has 1 saturated heterocycles. The number of carbonyl (C=O) groups excluding carboxylic acids is 1. The number of likely N-dealkylation sites (N-methyl/N-ethyl adjacent to an activating group) is 1. The van der Waals surface area contributed by atoms with E-state index in [0.29, 0.717) is 13.2 Å². The maximum absolute atomic E-state index is 13.4. The molecule has 1 aliphatic carbocycles. The highest BCUT2D eigenvalue weighted by Gasteiger charge is 2.58. The van der Waals surface area contributed by atoms with Gasteiger partial charge in [-0.1, -0.05) is 12.1 Å². The van der Waals surface area contributed by atoms with Gasteiger partial charge in [0.25, 0.3) is 0 Å². The van der Waals surface area contributed by atoms with Crippen LogP contribution in [0.25, 0.3) is 0 Å². The Kier molecular flexibility index (Phi) is 5.87. The summed E-state index contributed by atoms with van der Waals surface area (Å²) in [7, 11) is 1.81. The minimum atomic E-state index is -0.368. The van der Waals surface area contributed by atoms with E-state index in [9.17, 15) is 9.18 Å². The largest absolute Gasteiger partial charge is 0.489 e. The second-order valence-corrected chi connectivity index (χ2v) is 6.41. The van der Waals surface area contributed by atoms with Gasteiger partial charge in [0.2, 0.25) is 5.91 Å². The Hall–Kier alpha value is -1.33. The van der Waals surface area contributed by atoms with Crippen molar-refractivity contribution in [2.75, 3.05) is 33.3 Å². The molecule has 1 amide bonds. The fourth-order valence-electron chi connectivity index (χ4n) is 3.40. The standard InChI is InChI=1S/C17H23FN2O2.ClH/c1-20(10-11-22-15-5-3-2-4-14(15)18)16(21)13-12-17(13)6-8-19-9-7-17;/h2-5,13,19H,6-12H2,1H3;1H. The second kappa shape index (κ2) is 7.49. The molecule has 1 heterocycles. The van der Waals surface area contributed by atoms with Crippen LogP contribution in [0.3, 0.4) is 0 Å². The topological polar surface area (TPSA) is 41.6 Å². The van der Waals surface area contributed by atoms with Crippen LogP contribution < -0.4 is 10.1 Å². The minimum absolute atomic E-state index is 0. The number of halogens is 2. The predicted octanol–water partition coefficient (Wildman–Crippen LogP) is 2.47. The van der Waals surface area contributed by atoms with Crippen LogP contribution in [0, 0.1) is 17.2 Å². The summed E-state index contributed by atoms with van der Waals surface area (Å²) in [5.74, 6) is 0.254. The monoisotopic (exact) mass is 342 g/mol. The molecule has 0 bridgehead atoms. The van der Waals surface area contributed by atoms with Gasteiger partial charge in [-0.05, 0) is 49.9 Å². The van der Waals surface area contributed by atoms with Gasteiger partial charge in [0.1, 0.15) is 6.61 Å². The Labute approximate surface area is 142 Å². The lowest BCUT2D eigenvalue weighted by atomic mass is 9.91. The number of benzene rings is 1. The fraction of sp³-hybridized carbons (Fsp3) is 0.588. The minimum Gasteiger partial charge on any atom is -0.489 e. The van der Waals surface area contributed by atoms with Crippen LogP contribution in [0.2, 0.25) is 0 Å². The lowest BCUT2D eigenvalue weighted by Gasteiger charge is -2.25. The molecule has 1 spiro atoms. The van der Waals surface area contributed by atoms with E-state index in [1.165, 1.54) is 6.07 Å². The van der Waals surface area contributed by atoms with E-state index in [1.54, 1.807) is 30.1 Å². The smallest absolute Gasteiger partial charge is 0.226 e.